The van der Waals surface area contributed by atoms with Crippen LogP contribution in [0, 0.1) is 6.92 Å². The molecule has 2 heterocycles. The summed E-state index contributed by atoms with van der Waals surface area (Å²) < 4.78 is 0. The summed E-state index contributed by atoms with van der Waals surface area (Å²) in [6, 6.07) is 18.4. The number of aliphatic hydroxyl groups is 1. The van der Waals surface area contributed by atoms with Crippen molar-refractivity contribution in [2.45, 2.75) is 25.5 Å². The fourth-order valence-electron chi connectivity index (χ4n) is 3.38. The second-order valence-corrected chi connectivity index (χ2v) is 6.97. The van der Waals surface area contributed by atoms with Crippen LogP contribution < -0.4 is 10.6 Å². The first kappa shape index (κ1) is 17.0. The van der Waals surface area contributed by atoms with Crippen molar-refractivity contribution in [3.05, 3.63) is 98.8 Å². The number of pyridine rings is 1. The standard InChI is InChI=1S/C22H19ClN2O/c1-14-2-6-16(7-3-14)18-12-19-20(10-11-24-22(19)23)25-21(18)17-8-4-15(13-26)5-9-17/h2-12,18,21,26H,13H2,1H3. The van der Waals surface area contributed by atoms with Crippen LogP contribution in [0.1, 0.15) is 34.2 Å². The van der Waals surface area contributed by atoms with Crippen LogP contribution in [-0.2, 0) is 6.61 Å². The number of aryl methyl sites for hydroxylation is 1. The van der Waals surface area contributed by atoms with Crippen molar-refractivity contribution in [1.29, 1.82) is 0 Å². The second-order valence-electron chi connectivity index (χ2n) is 6.61. The maximum absolute atomic E-state index is 9.30. The fourth-order valence-corrected chi connectivity index (χ4v) is 3.59. The van der Waals surface area contributed by atoms with E-state index in [1.54, 1.807) is 6.20 Å². The summed E-state index contributed by atoms with van der Waals surface area (Å²) in [6.07, 6.45) is 3.86. The van der Waals surface area contributed by atoms with E-state index in [0.717, 1.165) is 21.7 Å². The Balaban J connectivity index is 1.88. The lowest BCUT2D eigenvalue weighted by Crippen LogP contribution is -2.33. The molecule has 0 fully saturated rings. The van der Waals surface area contributed by atoms with Gasteiger partial charge in [-0.1, -0.05) is 71.8 Å². The van der Waals surface area contributed by atoms with Crippen molar-refractivity contribution in [3.63, 3.8) is 0 Å². The predicted octanol–water partition coefficient (Wildman–Crippen LogP) is 3.47. The molecule has 0 bridgehead atoms. The van der Waals surface area contributed by atoms with E-state index >= 15 is 0 Å². The highest BCUT2D eigenvalue weighted by molar-refractivity contribution is 6.29. The maximum Gasteiger partial charge on any atom is 0.138 e. The molecular formula is C22H19ClN2O. The summed E-state index contributed by atoms with van der Waals surface area (Å²) in [5.41, 5.74) is 4.43. The van der Waals surface area contributed by atoms with Gasteiger partial charge in [0.15, 0.2) is 0 Å². The SMILES string of the molecule is Cc1ccc(C2C=c3c(Cl)nccc3=NC2c2ccc(CO)cc2)cc1. The molecule has 130 valence electrons. The van der Waals surface area contributed by atoms with Crippen LogP contribution in [0.25, 0.3) is 6.08 Å². The Kier molecular flexibility index (Phi) is 4.58. The van der Waals surface area contributed by atoms with Gasteiger partial charge in [0.1, 0.15) is 5.15 Å². The Labute approximate surface area is 157 Å². The first-order valence-electron chi connectivity index (χ1n) is 8.62. The molecule has 0 amide bonds. The highest BCUT2D eigenvalue weighted by atomic mass is 35.5. The first-order valence-corrected chi connectivity index (χ1v) is 9.00. The van der Waals surface area contributed by atoms with Gasteiger partial charge in [-0.15, -0.1) is 0 Å². The van der Waals surface area contributed by atoms with Crippen molar-refractivity contribution in [1.82, 2.24) is 4.98 Å². The monoisotopic (exact) mass is 362 g/mol. The summed E-state index contributed by atoms with van der Waals surface area (Å²) in [5, 5.41) is 11.5. The van der Waals surface area contributed by atoms with Gasteiger partial charge in [0, 0.05) is 17.3 Å². The van der Waals surface area contributed by atoms with Gasteiger partial charge in [0.05, 0.1) is 18.0 Å². The molecule has 1 aromatic heterocycles. The first-order chi connectivity index (χ1) is 12.7. The average Bonchev–Trinajstić information content (AvgIpc) is 2.68. The molecule has 2 atom stereocenters. The molecule has 26 heavy (non-hydrogen) atoms. The Morgan fingerprint density at radius 1 is 0.962 bits per heavy atom. The van der Waals surface area contributed by atoms with Gasteiger partial charge in [-0.3, -0.25) is 4.99 Å². The Bertz CT molecular complexity index is 1040. The molecule has 3 aromatic rings. The lowest BCUT2D eigenvalue weighted by molar-refractivity contribution is 0.282. The lowest BCUT2D eigenvalue weighted by atomic mass is 9.85. The summed E-state index contributed by atoms with van der Waals surface area (Å²) in [6.45, 7) is 2.12. The summed E-state index contributed by atoms with van der Waals surface area (Å²) in [4.78, 5) is 9.20. The molecule has 4 rings (SSSR count). The molecule has 2 unspecified atom stereocenters. The van der Waals surface area contributed by atoms with E-state index in [-0.39, 0.29) is 18.6 Å². The van der Waals surface area contributed by atoms with Gasteiger partial charge in [-0.2, -0.15) is 0 Å². The van der Waals surface area contributed by atoms with Crippen LogP contribution in [-0.4, -0.2) is 10.1 Å². The van der Waals surface area contributed by atoms with Gasteiger partial charge >= 0.3 is 0 Å². The zero-order chi connectivity index (χ0) is 18.1. The Hall–Kier alpha value is -2.49. The number of rotatable bonds is 3. The van der Waals surface area contributed by atoms with E-state index in [4.69, 9.17) is 16.6 Å². The van der Waals surface area contributed by atoms with E-state index in [2.05, 4.69) is 42.2 Å². The normalized spacial score (nSPS) is 18.6. The van der Waals surface area contributed by atoms with E-state index in [1.807, 2.05) is 30.3 Å². The zero-order valence-electron chi connectivity index (χ0n) is 14.4. The smallest absolute Gasteiger partial charge is 0.138 e. The zero-order valence-corrected chi connectivity index (χ0v) is 15.2. The molecule has 1 aliphatic rings. The van der Waals surface area contributed by atoms with Crippen LogP contribution in [0.5, 0.6) is 0 Å². The van der Waals surface area contributed by atoms with Crippen LogP contribution in [0.15, 0.2) is 65.8 Å². The number of aromatic nitrogens is 1. The highest BCUT2D eigenvalue weighted by Crippen LogP contribution is 2.36. The van der Waals surface area contributed by atoms with Gasteiger partial charge in [0.2, 0.25) is 0 Å². The number of hydrogen-bond donors (Lipinski definition) is 1. The molecule has 4 heteroatoms. The highest BCUT2D eigenvalue weighted by Gasteiger charge is 2.25. The summed E-state index contributed by atoms with van der Waals surface area (Å²) in [5.74, 6) is 0.0739. The van der Waals surface area contributed by atoms with Crippen LogP contribution in [0.4, 0.5) is 0 Å². The molecule has 2 aromatic carbocycles. The number of aliphatic hydroxyl groups excluding tert-OH is 1. The molecular weight excluding hydrogens is 344 g/mol. The number of hydrogen-bond acceptors (Lipinski definition) is 3. The number of nitrogens with zero attached hydrogens (tertiary/aromatic N) is 2. The fraction of sp³-hybridized carbons (Fsp3) is 0.182. The van der Waals surface area contributed by atoms with Crippen molar-refractivity contribution in [2.24, 2.45) is 4.99 Å². The molecule has 0 radical (unpaired) electrons. The van der Waals surface area contributed by atoms with Gasteiger partial charge in [-0.25, -0.2) is 4.98 Å². The summed E-state index contributed by atoms with van der Waals surface area (Å²) >= 11 is 6.32. The third-order valence-corrected chi connectivity index (χ3v) is 5.15. The molecule has 0 spiro atoms. The summed E-state index contributed by atoms with van der Waals surface area (Å²) in [7, 11) is 0. The van der Waals surface area contributed by atoms with Crippen LogP contribution in [0.3, 0.4) is 0 Å². The average molecular weight is 363 g/mol. The van der Waals surface area contributed by atoms with E-state index in [1.165, 1.54) is 11.1 Å². The van der Waals surface area contributed by atoms with Crippen molar-refractivity contribution in [3.8, 4) is 0 Å². The third kappa shape index (κ3) is 3.16. The van der Waals surface area contributed by atoms with Gasteiger partial charge < -0.3 is 5.11 Å². The molecule has 0 aliphatic carbocycles. The van der Waals surface area contributed by atoms with Crippen LogP contribution in [0.2, 0.25) is 5.15 Å². The quantitative estimate of drug-likeness (QED) is 0.725. The number of fused-ring (bicyclic) bond motifs is 1. The number of halogens is 1. The maximum atomic E-state index is 9.30. The number of benzene rings is 2. The largest absolute Gasteiger partial charge is 0.392 e. The van der Waals surface area contributed by atoms with Crippen LogP contribution >= 0.6 is 11.6 Å². The molecule has 0 saturated carbocycles. The molecule has 1 N–H and O–H groups in total. The van der Waals surface area contributed by atoms with Crippen molar-refractivity contribution >= 4 is 17.7 Å². The minimum absolute atomic E-state index is 0.0414. The Morgan fingerprint density at radius 2 is 1.65 bits per heavy atom. The van der Waals surface area contributed by atoms with Gasteiger partial charge in [-0.05, 0) is 29.7 Å². The minimum Gasteiger partial charge on any atom is -0.392 e. The van der Waals surface area contributed by atoms with E-state index in [0.29, 0.717) is 5.15 Å². The van der Waals surface area contributed by atoms with E-state index in [9.17, 15) is 5.11 Å². The van der Waals surface area contributed by atoms with Gasteiger partial charge in [0.25, 0.3) is 0 Å². The molecule has 3 nitrogen and oxygen atoms in total. The third-order valence-electron chi connectivity index (χ3n) is 4.85. The van der Waals surface area contributed by atoms with Crippen molar-refractivity contribution in [2.75, 3.05) is 0 Å². The second kappa shape index (κ2) is 7.02. The van der Waals surface area contributed by atoms with E-state index < -0.39 is 0 Å². The topological polar surface area (TPSA) is 45.5 Å². The Morgan fingerprint density at radius 3 is 2.35 bits per heavy atom. The lowest BCUT2D eigenvalue weighted by Gasteiger charge is -2.25. The molecule has 1 aliphatic heterocycles. The predicted molar refractivity (Wildman–Crippen MR) is 104 cm³/mol. The molecule has 0 saturated heterocycles. The van der Waals surface area contributed by atoms with Crippen molar-refractivity contribution < 1.29 is 5.11 Å². The minimum atomic E-state index is -0.0450.